The third kappa shape index (κ3) is 3.26. The molecule has 2 N–H and O–H groups in total. The Morgan fingerprint density at radius 2 is 2.40 bits per heavy atom. The van der Waals surface area contributed by atoms with Crippen molar-refractivity contribution in [2.24, 2.45) is 0 Å². The van der Waals surface area contributed by atoms with E-state index in [0.29, 0.717) is 12.0 Å². The zero-order valence-electron chi connectivity index (χ0n) is 9.20. The molecule has 1 aromatic rings. The van der Waals surface area contributed by atoms with Crippen molar-refractivity contribution < 1.29 is 0 Å². The number of aromatic nitrogens is 1. The lowest BCUT2D eigenvalue weighted by molar-refractivity contribution is 0.381. The van der Waals surface area contributed by atoms with Crippen LogP contribution in [0.5, 0.6) is 0 Å². The molecule has 15 heavy (non-hydrogen) atoms. The summed E-state index contributed by atoms with van der Waals surface area (Å²) in [4.78, 5) is 4.35. The topological polar surface area (TPSA) is 37.0 Å². The van der Waals surface area contributed by atoms with Gasteiger partial charge in [0.2, 0.25) is 0 Å². The fourth-order valence-electron chi connectivity index (χ4n) is 1.93. The minimum Gasteiger partial charge on any atom is -0.317 e. The van der Waals surface area contributed by atoms with E-state index in [9.17, 15) is 0 Å². The highest BCUT2D eigenvalue weighted by atomic mass is 32.1. The first-order valence-electron chi connectivity index (χ1n) is 5.70. The van der Waals surface area contributed by atoms with E-state index in [4.69, 9.17) is 0 Å². The highest BCUT2D eigenvalue weighted by molar-refractivity contribution is 7.09. The molecule has 0 saturated carbocycles. The lowest BCUT2D eigenvalue weighted by Crippen LogP contribution is -2.41. The van der Waals surface area contributed by atoms with Crippen LogP contribution in [0.4, 0.5) is 0 Å². The predicted molar refractivity (Wildman–Crippen MR) is 64.4 cm³/mol. The first-order valence-corrected chi connectivity index (χ1v) is 6.57. The van der Waals surface area contributed by atoms with Gasteiger partial charge in [-0.2, -0.15) is 0 Å². The minimum atomic E-state index is 0.542. The maximum Gasteiger partial charge on any atom is 0.0965 e. The smallest absolute Gasteiger partial charge is 0.0965 e. The van der Waals surface area contributed by atoms with E-state index in [1.165, 1.54) is 17.8 Å². The summed E-state index contributed by atoms with van der Waals surface area (Å²) in [6.45, 7) is 5.61. The fraction of sp³-hybridized carbons (Fsp3) is 0.727. The fourth-order valence-corrected chi connectivity index (χ4v) is 2.63. The van der Waals surface area contributed by atoms with Gasteiger partial charge in [-0.25, -0.2) is 4.98 Å². The van der Waals surface area contributed by atoms with Crippen LogP contribution in [0, 0.1) is 0 Å². The zero-order chi connectivity index (χ0) is 10.5. The standard InChI is InChI=1S/C11H19N3S/c1-9(11-13-6-7-15-11)8-14-10-2-4-12-5-3-10/h6-7,9-10,12,14H,2-5,8H2,1H3. The van der Waals surface area contributed by atoms with Gasteiger partial charge in [0.1, 0.15) is 0 Å². The maximum atomic E-state index is 4.35. The van der Waals surface area contributed by atoms with Crippen molar-refractivity contribution in [3.63, 3.8) is 0 Å². The van der Waals surface area contributed by atoms with Gasteiger partial charge in [-0.3, -0.25) is 0 Å². The largest absolute Gasteiger partial charge is 0.317 e. The third-order valence-electron chi connectivity index (χ3n) is 2.92. The SMILES string of the molecule is CC(CNC1CCNCC1)c1nccs1. The van der Waals surface area contributed by atoms with Gasteiger partial charge in [0.05, 0.1) is 5.01 Å². The summed E-state index contributed by atoms with van der Waals surface area (Å²) < 4.78 is 0. The molecular weight excluding hydrogens is 206 g/mol. The Morgan fingerprint density at radius 1 is 1.60 bits per heavy atom. The van der Waals surface area contributed by atoms with Crippen molar-refractivity contribution in [2.45, 2.75) is 31.7 Å². The van der Waals surface area contributed by atoms with Crippen molar-refractivity contribution in [3.05, 3.63) is 16.6 Å². The second-order valence-electron chi connectivity index (χ2n) is 4.20. The van der Waals surface area contributed by atoms with E-state index in [1.54, 1.807) is 11.3 Å². The number of hydrogen-bond donors (Lipinski definition) is 2. The van der Waals surface area contributed by atoms with Gasteiger partial charge < -0.3 is 10.6 Å². The van der Waals surface area contributed by atoms with Crippen LogP contribution in [0.2, 0.25) is 0 Å². The summed E-state index contributed by atoms with van der Waals surface area (Å²) in [7, 11) is 0. The lowest BCUT2D eigenvalue weighted by atomic mass is 10.1. The van der Waals surface area contributed by atoms with E-state index < -0.39 is 0 Å². The Hall–Kier alpha value is -0.450. The van der Waals surface area contributed by atoms with Gasteiger partial charge >= 0.3 is 0 Å². The number of rotatable bonds is 4. The molecule has 84 valence electrons. The Bertz CT molecular complexity index is 267. The molecule has 1 atom stereocenters. The van der Waals surface area contributed by atoms with Gasteiger partial charge in [0.15, 0.2) is 0 Å². The molecule has 0 radical (unpaired) electrons. The zero-order valence-corrected chi connectivity index (χ0v) is 10.0. The monoisotopic (exact) mass is 225 g/mol. The van der Waals surface area contributed by atoms with Crippen molar-refractivity contribution in [2.75, 3.05) is 19.6 Å². The molecule has 0 bridgehead atoms. The predicted octanol–water partition coefficient (Wildman–Crippen LogP) is 1.59. The molecule has 4 heteroatoms. The first-order chi connectivity index (χ1) is 7.36. The normalized spacial score (nSPS) is 20.3. The van der Waals surface area contributed by atoms with Crippen LogP contribution in [0.25, 0.3) is 0 Å². The second-order valence-corrected chi connectivity index (χ2v) is 5.13. The molecule has 0 amide bonds. The number of hydrogen-bond acceptors (Lipinski definition) is 4. The Morgan fingerprint density at radius 3 is 3.07 bits per heavy atom. The third-order valence-corrected chi connectivity index (χ3v) is 3.93. The van der Waals surface area contributed by atoms with E-state index >= 15 is 0 Å². The van der Waals surface area contributed by atoms with Crippen LogP contribution in [0.1, 0.15) is 30.7 Å². The van der Waals surface area contributed by atoms with Crippen LogP contribution in [-0.2, 0) is 0 Å². The second kappa shape index (κ2) is 5.58. The molecular formula is C11H19N3S. The number of nitrogens with zero attached hydrogens (tertiary/aromatic N) is 1. The summed E-state index contributed by atoms with van der Waals surface area (Å²) >= 11 is 1.75. The highest BCUT2D eigenvalue weighted by Gasteiger charge is 2.14. The molecule has 0 aromatic carbocycles. The summed E-state index contributed by atoms with van der Waals surface area (Å²) in [5, 5.41) is 10.3. The molecule has 0 aliphatic carbocycles. The van der Waals surface area contributed by atoms with Crippen molar-refractivity contribution in [1.82, 2.24) is 15.6 Å². The van der Waals surface area contributed by atoms with Gasteiger partial charge in [0, 0.05) is 30.1 Å². The number of piperidine rings is 1. The quantitative estimate of drug-likeness (QED) is 0.817. The maximum absolute atomic E-state index is 4.35. The Labute approximate surface area is 95.3 Å². The molecule has 1 aliphatic heterocycles. The molecule has 1 saturated heterocycles. The lowest BCUT2D eigenvalue weighted by Gasteiger charge is -2.24. The van der Waals surface area contributed by atoms with E-state index in [-0.39, 0.29) is 0 Å². The Kier molecular flexibility index (Phi) is 4.11. The van der Waals surface area contributed by atoms with Crippen LogP contribution in [0.3, 0.4) is 0 Å². The minimum absolute atomic E-state index is 0.542. The summed E-state index contributed by atoms with van der Waals surface area (Å²) in [5.74, 6) is 0.542. The van der Waals surface area contributed by atoms with E-state index in [2.05, 4.69) is 27.9 Å². The summed E-state index contributed by atoms with van der Waals surface area (Å²) in [5.41, 5.74) is 0. The van der Waals surface area contributed by atoms with E-state index in [0.717, 1.165) is 19.6 Å². The van der Waals surface area contributed by atoms with Gasteiger partial charge in [-0.15, -0.1) is 11.3 Å². The van der Waals surface area contributed by atoms with Crippen molar-refractivity contribution >= 4 is 11.3 Å². The summed E-state index contributed by atoms with van der Waals surface area (Å²) in [6.07, 6.45) is 4.40. The van der Waals surface area contributed by atoms with Crippen LogP contribution in [0.15, 0.2) is 11.6 Å². The highest BCUT2D eigenvalue weighted by Crippen LogP contribution is 2.17. The van der Waals surface area contributed by atoms with Gasteiger partial charge in [-0.1, -0.05) is 6.92 Å². The van der Waals surface area contributed by atoms with Gasteiger partial charge in [-0.05, 0) is 25.9 Å². The first kappa shape index (κ1) is 11.0. The molecule has 2 heterocycles. The molecule has 2 rings (SSSR count). The van der Waals surface area contributed by atoms with Crippen LogP contribution < -0.4 is 10.6 Å². The molecule has 0 spiro atoms. The molecule has 1 unspecified atom stereocenters. The van der Waals surface area contributed by atoms with E-state index in [1.807, 2.05) is 6.20 Å². The molecule has 3 nitrogen and oxygen atoms in total. The number of nitrogens with one attached hydrogen (secondary N) is 2. The average molecular weight is 225 g/mol. The van der Waals surface area contributed by atoms with Crippen molar-refractivity contribution in [1.29, 1.82) is 0 Å². The van der Waals surface area contributed by atoms with Crippen molar-refractivity contribution in [3.8, 4) is 0 Å². The Balaban J connectivity index is 1.73. The number of thiazole rings is 1. The molecule has 1 aromatic heterocycles. The molecule has 1 aliphatic rings. The van der Waals surface area contributed by atoms with Gasteiger partial charge in [0.25, 0.3) is 0 Å². The molecule has 1 fully saturated rings. The average Bonchev–Trinajstić information content (AvgIpc) is 2.81. The summed E-state index contributed by atoms with van der Waals surface area (Å²) in [6, 6.07) is 0.702. The van der Waals surface area contributed by atoms with Crippen LogP contribution >= 0.6 is 11.3 Å². The van der Waals surface area contributed by atoms with Crippen LogP contribution in [-0.4, -0.2) is 30.7 Å².